The summed E-state index contributed by atoms with van der Waals surface area (Å²) in [4.78, 5) is 2.41. The molecule has 1 fully saturated rings. The maximum atomic E-state index is 6.00. The van der Waals surface area contributed by atoms with Crippen LogP contribution in [-0.4, -0.2) is 37.5 Å². The number of likely N-dealkylation sites (N-methyl/N-ethyl adjacent to an activating group) is 1. The van der Waals surface area contributed by atoms with Gasteiger partial charge in [0.2, 0.25) is 0 Å². The Morgan fingerprint density at radius 3 is 2.50 bits per heavy atom. The number of methoxy groups -OCH3 is 1. The van der Waals surface area contributed by atoms with Crippen molar-refractivity contribution in [3.05, 3.63) is 29.8 Å². The van der Waals surface area contributed by atoms with Crippen molar-refractivity contribution in [2.24, 2.45) is 5.92 Å². The van der Waals surface area contributed by atoms with Crippen molar-refractivity contribution in [2.45, 2.75) is 24.6 Å². The lowest BCUT2D eigenvalue weighted by Gasteiger charge is -2.34. The third-order valence-corrected chi connectivity index (χ3v) is 4.05. The zero-order valence-electron chi connectivity index (χ0n) is 11.2. The van der Waals surface area contributed by atoms with E-state index in [1.54, 1.807) is 7.11 Å². The third-order valence-electron chi connectivity index (χ3n) is 3.69. The first-order valence-electron chi connectivity index (χ1n) is 6.63. The molecule has 100 valence electrons. The minimum Gasteiger partial charge on any atom is -0.497 e. The van der Waals surface area contributed by atoms with Crippen LogP contribution in [0.25, 0.3) is 0 Å². The molecule has 1 aromatic rings. The van der Waals surface area contributed by atoms with Crippen molar-refractivity contribution >= 4 is 11.6 Å². The number of halogens is 1. The van der Waals surface area contributed by atoms with Gasteiger partial charge in [0, 0.05) is 18.5 Å². The molecule has 1 aliphatic rings. The Balaban J connectivity index is 1.69. The first kappa shape index (κ1) is 13.7. The van der Waals surface area contributed by atoms with Crippen LogP contribution in [0.5, 0.6) is 5.75 Å². The highest BCUT2D eigenvalue weighted by molar-refractivity contribution is 6.21. The van der Waals surface area contributed by atoms with Crippen molar-refractivity contribution in [3.63, 3.8) is 0 Å². The first-order valence-corrected chi connectivity index (χ1v) is 7.06. The van der Waals surface area contributed by atoms with E-state index in [0.29, 0.717) is 5.38 Å². The summed E-state index contributed by atoms with van der Waals surface area (Å²) >= 11 is 6.00. The van der Waals surface area contributed by atoms with Crippen molar-refractivity contribution in [2.75, 3.05) is 27.2 Å². The van der Waals surface area contributed by atoms with Gasteiger partial charge in [-0.05, 0) is 49.9 Å². The summed E-state index contributed by atoms with van der Waals surface area (Å²) in [6.07, 6.45) is 3.47. The van der Waals surface area contributed by atoms with E-state index in [0.717, 1.165) is 24.6 Å². The summed E-state index contributed by atoms with van der Waals surface area (Å²) in [7, 11) is 3.90. The van der Waals surface area contributed by atoms with E-state index in [1.807, 2.05) is 12.1 Å². The van der Waals surface area contributed by atoms with Crippen LogP contribution in [0.4, 0.5) is 0 Å². The summed E-state index contributed by atoms with van der Waals surface area (Å²) in [5, 5.41) is 0.435. The average molecular weight is 268 g/mol. The molecule has 0 aliphatic heterocycles. The van der Waals surface area contributed by atoms with Crippen LogP contribution in [0.2, 0.25) is 0 Å². The Bertz CT molecular complexity index is 359. The maximum absolute atomic E-state index is 6.00. The normalized spacial score (nSPS) is 22.9. The molecule has 0 spiro atoms. The van der Waals surface area contributed by atoms with Gasteiger partial charge < -0.3 is 9.64 Å². The molecule has 0 saturated heterocycles. The Morgan fingerprint density at radius 1 is 1.28 bits per heavy atom. The lowest BCUT2D eigenvalue weighted by molar-refractivity contribution is 0.211. The summed E-state index contributed by atoms with van der Waals surface area (Å²) in [6, 6.07) is 8.34. The Hall–Kier alpha value is -0.730. The third kappa shape index (κ3) is 3.89. The Morgan fingerprint density at radius 2 is 1.94 bits per heavy atom. The molecule has 2 rings (SSSR count). The molecule has 3 heteroatoms. The highest BCUT2D eigenvalue weighted by Crippen LogP contribution is 2.32. The minimum atomic E-state index is 0.435. The van der Waals surface area contributed by atoms with Crippen LogP contribution in [-0.2, 0) is 6.42 Å². The van der Waals surface area contributed by atoms with Crippen LogP contribution < -0.4 is 4.74 Å². The molecular formula is C15H22ClNO. The largest absolute Gasteiger partial charge is 0.497 e. The van der Waals surface area contributed by atoms with Crippen molar-refractivity contribution in [1.82, 2.24) is 4.90 Å². The van der Waals surface area contributed by atoms with E-state index in [9.17, 15) is 0 Å². The molecule has 0 radical (unpaired) electrons. The van der Waals surface area contributed by atoms with E-state index in [1.165, 1.54) is 24.9 Å². The molecule has 1 saturated carbocycles. The fourth-order valence-electron chi connectivity index (χ4n) is 2.45. The quantitative estimate of drug-likeness (QED) is 0.734. The van der Waals surface area contributed by atoms with Gasteiger partial charge in [-0.3, -0.25) is 0 Å². The van der Waals surface area contributed by atoms with E-state index >= 15 is 0 Å². The zero-order valence-corrected chi connectivity index (χ0v) is 12.0. The number of hydrogen-bond donors (Lipinski definition) is 0. The second kappa shape index (κ2) is 6.44. The fraction of sp³-hybridized carbons (Fsp3) is 0.600. The summed E-state index contributed by atoms with van der Waals surface area (Å²) in [5.74, 6) is 1.74. The molecule has 18 heavy (non-hydrogen) atoms. The lowest BCUT2D eigenvalue weighted by Crippen LogP contribution is -2.35. The fourth-order valence-corrected chi connectivity index (χ4v) is 2.95. The van der Waals surface area contributed by atoms with Crippen LogP contribution in [0.1, 0.15) is 18.4 Å². The van der Waals surface area contributed by atoms with Gasteiger partial charge in [-0.2, -0.15) is 0 Å². The SMILES string of the molecule is COc1ccc(CCN(C)CC2CC(Cl)C2)cc1. The molecule has 0 bridgehead atoms. The highest BCUT2D eigenvalue weighted by Gasteiger charge is 2.27. The average Bonchev–Trinajstić information content (AvgIpc) is 2.35. The smallest absolute Gasteiger partial charge is 0.118 e. The van der Waals surface area contributed by atoms with Crippen LogP contribution in [0.3, 0.4) is 0 Å². The van der Waals surface area contributed by atoms with Crippen molar-refractivity contribution in [3.8, 4) is 5.75 Å². The molecule has 0 N–H and O–H groups in total. The van der Waals surface area contributed by atoms with Gasteiger partial charge in [-0.25, -0.2) is 0 Å². The molecule has 0 heterocycles. The highest BCUT2D eigenvalue weighted by atomic mass is 35.5. The zero-order chi connectivity index (χ0) is 13.0. The molecule has 1 aromatic carbocycles. The predicted molar refractivity (Wildman–Crippen MR) is 76.6 cm³/mol. The van der Waals surface area contributed by atoms with Gasteiger partial charge in [0.1, 0.15) is 5.75 Å². The number of alkyl halides is 1. The maximum Gasteiger partial charge on any atom is 0.118 e. The monoisotopic (exact) mass is 267 g/mol. The van der Waals surface area contributed by atoms with E-state index in [-0.39, 0.29) is 0 Å². The molecule has 0 atom stereocenters. The molecule has 1 aliphatic carbocycles. The molecular weight excluding hydrogens is 246 g/mol. The standard InChI is InChI=1S/C15H22ClNO/c1-17(11-13-9-14(16)10-13)8-7-12-3-5-15(18-2)6-4-12/h3-6,13-14H,7-11H2,1-2H3. The van der Waals surface area contributed by atoms with E-state index < -0.39 is 0 Å². The van der Waals surface area contributed by atoms with Gasteiger partial charge >= 0.3 is 0 Å². The molecule has 0 unspecified atom stereocenters. The van der Waals surface area contributed by atoms with E-state index in [4.69, 9.17) is 16.3 Å². The number of nitrogens with zero attached hydrogens (tertiary/aromatic N) is 1. The number of ether oxygens (including phenoxy) is 1. The summed E-state index contributed by atoms with van der Waals surface area (Å²) in [6.45, 7) is 2.29. The number of hydrogen-bond acceptors (Lipinski definition) is 2. The van der Waals surface area contributed by atoms with Gasteiger partial charge in [-0.1, -0.05) is 12.1 Å². The molecule has 2 nitrogen and oxygen atoms in total. The molecule has 0 aromatic heterocycles. The summed E-state index contributed by atoms with van der Waals surface area (Å²) < 4.78 is 5.16. The molecule has 0 amide bonds. The Kier molecular flexibility index (Phi) is 4.90. The summed E-state index contributed by atoms with van der Waals surface area (Å²) in [5.41, 5.74) is 1.37. The minimum absolute atomic E-state index is 0.435. The number of benzene rings is 1. The van der Waals surface area contributed by atoms with Gasteiger partial charge in [0.05, 0.1) is 7.11 Å². The van der Waals surface area contributed by atoms with Gasteiger partial charge in [0.25, 0.3) is 0 Å². The van der Waals surface area contributed by atoms with Gasteiger partial charge in [-0.15, -0.1) is 11.6 Å². The van der Waals surface area contributed by atoms with Crippen LogP contribution in [0.15, 0.2) is 24.3 Å². The predicted octanol–water partition coefficient (Wildman–Crippen LogP) is 3.19. The second-order valence-corrected chi connectivity index (χ2v) is 5.91. The van der Waals surface area contributed by atoms with Crippen LogP contribution in [0, 0.1) is 5.92 Å². The van der Waals surface area contributed by atoms with E-state index in [2.05, 4.69) is 24.1 Å². The van der Waals surface area contributed by atoms with Crippen molar-refractivity contribution in [1.29, 1.82) is 0 Å². The topological polar surface area (TPSA) is 12.5 Å². The second-order valence-electron chi connectivity index (χ2n) is 5.30. The Labute approximate surface area is 115 Å². The number of rotatable bonds is 6. The first-order chi connectivity index (χ1) is 8.67. The van der Waals surface area contributed by atoms with Gasteiger partial charge in [0.15, 0.2) is 0 Å². The lowest BCUT2D eigenvalue weighted by atomic mass is 9.84. The van der Waals surface area contributed by atoms with Crippen LogP contribution >= 0.6 is 11.6 Å². The van der Waals surface area contributed by atoms with Crippen molar-refractivity contribution < 1.29 is 4.74 Å².